The Labute approximate surface area is 148 Å². The average Bonchev–Trinajstić information content (AvgIpc) is 3.07. The van der Waals surface area contributed by atoms with Gasteiger partial charge >= 0.3 is 0 Å². The molecule has 0 aliphatic heterocycles. The van der Waals surface area contributed by atoms with Crippen LogP contribution >= 0.6 is 0 Å². The molecule has 0 aromatic heterocycles. The molecule has 0 saturated heterocycles. The van der Waals surface area contributed by atoms with Gasteiger partial charge in [-0.1, -0.05) is 91.0 Å². The van der Waals surface area contributed by atoms with Crippen molar-refractivity contribution >= 4 is 0 Å². The Hall–Kier alpha value is -3.12. The molecule has 0 spiro atoms. The number of hydrogen-bond donors (Lipinski definition) is 0. The molecule has 0 heterocycles. The molecule has 5 rings (SSSR count). The molecule has 1 aliphatic rings. The van der Waals surface area contributed by atoms with Crippen LogP contribution in [0.25, 0.3) is 33.4 Å². The third kappa shape index (κ3) is 2.38. The lowest BCUT2D eigenvalue weighted by Gasteiger charge is -2.12. The van der Waals surface area contributed by atoms with Crippen LogP contribution < -0.4 is 0 Å². The molecule has 0 N–H and O–H groups in total. The van der Waals surface area contributed by atoms with Gasteiger partial charge in [-0.05, 0) is 57.0 Å². The first kappa shape index (κ1) is 14.2. The van der Waals surface area contributed by atoms with E-state index in [2.05, 4.69) is 97.1 Å². The maximum atomic E-state index is 2.31. The van der Waals surface area contributed by atoms with E-state index in [1.54, 1.807) is 0 Å². The molecule has 118 valence electrons. The van der Waals surface area contributed by atoms with Gasteiger partial charge < -0.3 is 0 Å². The largest absolute Gasteiger partial charge is 0.0622 e. The van der Waals surface area contributed by atoms with Crippen molar-refractivity contribution in [3.8, 4) is 33.4 Å². The summed E-state index contributed by atoms with van der Waals surface area (Å²) >= 11 is 0. The number of rotatable bonds is 2. The normalized spacial score (nSPS) is 11.8. The van der Waals surface area contributed by atoms with Gasteiger partial charge in [0.2, 0.25) is 0 Å². The van der Waals surface area contributed by atoms with Gasteiger partial charge in [-0.2, -0.15) is 0 Å². The summed E-state index contributed by atoms with van der Waals surface area (Å²) in [7, 11) is 0. The second kappa shape index (κ2) is 5.75. The van der Waals surface area contributed by atoms with Crippen LogP contribution in [0.5, 0.6) is 0 Å². The van der Waals surface area contributed by atoms with Crippen molar-refractivity contribution < 1.29 is 0 Å². The minimum atomic E-state index is 1.04. The van der Waals surface area contributed by atoms with Gasteiger partial charge in [-0.3, -0.25) is 0 Å². The third-order valence-electron chi connectivity index (χ3n) is 5.10. The molecule has 0 saturated carbocycles. The zero-order chi connectivity index (χ0) is 16.6. The summed E-state index contributed by atoms with van der Waals surface area (Å²) in [6, 6.07) is 35.0. The van der Waals surface area contributed by atoms with E-state index in [1.807, 2.05) is 0 Å². The lowest BCUT2D eigenvalue weighted by molar-refractivity contribution is 1.26. The van der Waals surface area contributed by atoms with Gasteiger partial charge in [0.15, 0.2) is 0 Å². The number of benzene rings is 4. The van der Waals surface area contributed by atoms with Crippen molar-refractivity contribution in [3.05, 3.63) is 108 Å². The molecule has 0 nitrogen and oxygen atoms in total. The third-order valence-corrected chi connectivity index (χ3v) is 5.10. The van der Waals surface area contributed by atoms with E-state index in [-0.39, 0.29) is 0 Å². The Morgan fingerprint density at radius 2 is 1.08 bits per heavy atom. The van der Waals surface area contributed by atoms with Gasteiger partial charge in [0.05, 0.1) is 0 Å². The van der Waals surface area contributed by atoms with Gasteiger partial charge in [-0.25, -0.2) is 0 Å². The van der Waals surface area contributed by atoms with Crippen LogP contribution in [0.15, 0.2) is 97.1 Å². The summed E-state index contributed by atoms with van der Waals surface area (Å²) in [6.45, 7) is 0. The summed E-state index contributed by atoms with van der Waals surface area (Å²) < 4.78 is 0. The van der Waals surface area contributed by atoms with Crippen LogP contribution in [0.1, 0.15) is 11.1 Å². The molecule has 0 radical (unpaired) electrons. The van der Waals surface area contributed by atoms with Gasteiger partial charge in [0.1, 0.15) is 0 Å². The second-order valence-corrected chi connectivity index (χ2v) is 6.62. The van der Waals surface area contributed by atoms with Gasteiger partial charge in [-0.15, -0.1) is 0 Å². The van der Waals surface area contributed by atoms with E-state index in [1.165, 1.54) is 44.5 Å². The van der Waals surface area contributed by atoms with Crippen LogP contribution in [0.2, 0.25) is 0 Å². The van der Waals surface area contributed by atoms with E-state index in [0.717, 1.165) is 6.42 Å². The highest BCUT2D eigenvalue weighted by Crippen LogP contribution is 2.43. The summed E-state index contributed by atoms with van der Waals surface area (Å²) in [6.07, 6.45) is 1.04. The van der Waals surface area contributed by atoms with E-state index in [9.17, 15) is 0 Å². The minimum Gasteiger partial charge on any atom is -0.0622 e. The molecule has 1 aliphatic carbocycles. The maximum absolute atomic E-state index is 2.31. The first-order valence-electron chi connectivity index (χ1n) is 8.76. The van der Waals surface area contributed by atoms with Crippen molar-refractivity contribution in [2.24, 2.45) is 0 Å². The highest BCUT2D eigenvalue weighted by molar-refractivity contribution is 5.91. The Morgan fingerprint density at radius 1 is 0.440 bits per heavy atom. The maximum Gasteiger partial charge on any atom is -0.00132 e. The fourth-order valence-electron chi connectivity index (χ4n) is 3.93. The lowest BCUT2D eigenvalue weighted by atomic mass is 9.92. The fraction of sp³-hybridized carbons (Fsp3) is 0.0400. The van der Waals surface area contributed by atoms with E-state index in [4.69, 9.17) is 0 Å². The van der Waals surface area contributed by atoms with E-state index >= 15 is 0 Å². The average molecular weight is 318 g/mol. The first-order valence-corrected chi connectivity index (χ1v) is 8.76. The monoisotopic (exact) mass is 318 g/mol. The van der Waals surface area contributed by atoms with Crippen molar-refractivity contribution in [3.63, 3.8) is 0 Å². The van der Waals surface area contributed by atoms with E-state index in [0.29, 0.717) is 0 Å². The van der Waals surface area contributed by atoms with Crippen LogP contribution in [0.4, 0.5) is 0 Å². The summed E-state index contributed by atoms with van der Waals surface area (Å²) in [5.41, 5.74) is 10.8. The van der Waals surface area contributed by atoms with Crippen molar-refractivity contribution in [2.45, 2.75) is 6.42 Å². The molecule has 0 amide bonds. The van der Waals surface area contributed by atoms with Crippen LogP contribution in [0, 0.1) is 0 Å². The smallest absolute Gasteiger partial charge is 0.00132 e. The second-order valence-electron chi connectivity index (χ2n) is 6.62. The van der Waals surface area contributed by atoms with Gasteiger partial charge in [0.25, 0.3) is 0 Å². The number of hydrogen-bond acceptors (Lipinski definition) is 0. The molecular weight excluding hydrogens is 300 g/mol. The zero-order valence-electron chi connectivity index (χ0n) is 13.9. The lowest BCUT2D eigenvalue weighted by Crippen LogP contribution is -1.87. The summed E-state index contributed by atoms with van der Waals surface area (Å²) in [5.74, 6) is 0. The fourth-order valence-corrected chi connectivity index (χ4v) is 3.93. The van der Waals surface area contributed by atoms with Crippen LogP contribution in [0.3, 0.4) is 0 Å². The Kier molecular flexibility index (Phi) is 3.28. The zero-order valence-corrected chi connectivity index (χ0v) is 13.9. The molecule has 0 bridgehead atoms. The standard InChI is InChI=1S/C25H18/c1-2-8-18(9-3-1)19-11-6-12-21(16-19)24-15-7-13-22-17-20-10-4-5-14-23(20)25(22)24/h1-16H,17H2. The van der Waals surface area contributed by atoms with Crippen molar-refractivity contribution in [1.82, 2.24) is 0 Å². The van der Waals surface area contributed by atoms with Crippen LogP contribution in [-0.2, 0) is 6.42 Å². The molecule has 0 heteroatoms. The van der Waals surface area contributed by atoms with Crippen LogP contribution in [-0.4, -0.2) is 0 Å². The quantitative estimate of drug-likeness (QED) is 0.344. The molecule has 25 heavy (non-hydrogen) atoms. The van der Waals surface area contributed by atoms with E-state index < -0.39 is 0 Å². The Morgan fingerprint density at radius 3 is 2.00 bits per heavy atom. The molecule has 0 atom stereocenters. The molecule has 0 unspecified atom stereocenters. The summed E-state index contributed by atoms with van der Waals surface area (Å²) in [4.78, 5) is 0. The SMILES string of the molecule is c1ccc(-c2cccc(-c3cccc4c3-c3ccccc3C4)c2)cc1. The van der Waals surface area contributed by atoms with Gasteiger partial charge in [0, 0.05) is 0 Å². The Bertz CT molecular complexity index is 1060. The van der Waals surface area contributed by atoms with Crippen molar-refractivity contribution in [1.29, 1.82) is 0 Å². The predicted molar refractivity (Wildman–Crippen MR) is 106 cm³/mol. The first-order chi connectivity index (χ1) is 12.4. The van der Waals surface area contributed by atoms with Crippen molar-refractivity contribution in [2.75, 3.05) is 0 Å². The predicted octanol–water partition coefficient (Wildman–Crippen LogP) is 6.59. The molecule has 0 fully saturated rings. The topological polar surface area (TPSA) is 0 Å². The molecular formula is C25H18. The summed E-state index contributed by atoms with van der Waals surface area (Å²) in [5, 5.41) is 0. The Balaban J connectivity index is 1.69. The molecule has 4 aromatic carbocycles. The highest BCUT2D eigenvalue weighted by Gasteiger charge is 2.21. The highest BCUT2D eigenvalue weighted by atomic mass is 14.2. The number of fused-ring (bicyclic) bond motifs is 3. The molecule has 4 aromatic rings. The minimum absolute atomic E-state index is 1.04.